The number of anilines is 1. The van der Waals surface area contributed by atoms with Crippen molar-refractivity contribution in [2.24, 2.45) is 0 Å². The second-order valence-corrected chi connectivity index (χ2v) is 4.22. The fourth-order valence-corrected chi connectivity index (χ4v) is 1.45. The van der Waals surface area contributed by atoms with Crippen LogP contribution >= 0.6 is 0 Å². The molecule has 0 aromatic carbocycles. The molecule has 94 valence electrons. The van der Waals surface area contributed by atoms with Gasteiger partial charge in [-0.2, -0.15) is 0 Å². The Hall–Kier alpha value is -1.65. The first kappa shape index (κ1) is 13.4. The summed E-state index contributed by atoms with van der Waals surface area (Å²) in [7, 11) is 0. The number of nitrogens with one attached hydrogen (secondary N) is 2. The minimum absolute atomic E-state index is 0.0330. The molecule has 0 aliphatic heterocycles. The van der Waals surface area contributed by atoms with Crippen LogP contribution in [0.15, 0.2) is 6.07 Å². The molecule has 0 radical (unpaired) electrons. The molecule has 0 saturated carbocycles. The fourth-order valence-electron chi connectivity index (χ4n) is 1.45. The molecule has 1 heterocycles. The maximum absolute atomic E-state index is 11.4. The van der Waals surface area contributed by atoms with Crippen molar-refractivity contribution < 1.29 is 4.79 Å². The Morgan fingerprint density at radius 2 is 2.12 bits per heavy atom. The van der Waals surface area contributed by atoms with E-state index in [4.69, 9.17) is 0 Å². The molecular formula is C12H20N4O. The Kier molecular flexibility index (Phi) is 4.87. The third-order valence-corrected chi connectivity index (χ3v) is 2.13. The summed E-state index contributed by atoms with van der Waals surface area (Å²) in [4.78, 5) is 20.0. The van der Waals surface area contributed by atoms with Crippen LogP contribution in [-0.2, 0) is 11.2 Å². The van der Waals surface area contributed by atoms with E-state index in [1.54, 1.807) is 0 Å². The molecule has 1 aromatic heterocycles. The van der Waals surface area contributed by atoms with Gasteiger partial charge in [0.2, 0.25) is 5.91 Å². The lowest BCUT2D eigenvalue weighted by Gasteiger charge is -2.10. The molecule has 0 fully saturated rings. The van der Waals surface area contributed by atoms with E-state index in [0.29, 0.717) is 5.82 Å². The fraction of sp³-hybridized carbons (Fsp3) is 0.583. The maximum Gasteiger partial charge on any atom is 0.239 e. The highest BCUT2D eigenvalue weighted by atomic mass is 16.1. The van der Waals surface area contributed by atoms with Gasteiger partial charge in [0.1, 0.15) is 11.6 Å². The predicted octanol–water partition coefficient (Wildman–Crippen LogP) is 1.28. The highest BCUT2D eigenvalue weighted by molar-refractivity contribution is 5.80. The van der Waals surface area contributed by atoms with Gasteiger partial charge in [0.15, 0.2) is 0 Å². The van der Waals surface area contributed by atoms with Gasteiger partial charge >= 0.3 is 0 Å². The topological polar surface area (TPSA) is 66.9 Å². The lowest BCUT2D eigenvalue weighted by atomic mass is 10.3. The summed E-state index contributed by atoms with van der Waals surface area (Å²) >= 11 is 0. The van der Waals surface area contributed by atoms with E-state index in [1.807, 2.05) is 33.8 Å². The summed E-state index contributed by atoms with van der Waals surface area (Å²) < 4.78 is 0. The summed E-state index contributed by atoms with van der Waals surface area (Å²) in [5.41, 5.74) is 0.976. The molecule has 0 bridgehead atoms. The lowest BCUT2D eigenvalue weighted by molar-refractivity contribution is -0.119. The zero-order valence-corrected chi connectivity index (χ0v) is 10.9. The van der Waals surface area contributed by atoms with Crippen LogP contribution in [0.5, 0.6) is 0 Å². The molecule has 5 nitrogen and oxygen atoms in total. The maximum atomic E-state index is 11.4. The Balaban J connectivity index is 2.57. The van der Waals surface area contributed by atoms with Gasteiger partial charge in [0, 0.05) is 17.8 Å². The molecule has 17 heavy (non-hydrogen) atoms. The Morgan fingerprint density at radius 3 is 2.71 bits per heavy atom. The van der Waals surface area contributed by atoms with Gasteiger partial charge in [-0.05, 0) is 27.2 Å². The van der Waals surface area contributed by atoms with E-state index in [2.05, 4.69) is 20.6 Å². The largest absolute Gasteiger partial charge is 0.361 e. The number of hydrogen-bond acceptors (Lipinski definition) is 4. The Bertz CT molecular complexity index is 390. The van der Waals surface area contributed by atoms with Crippen molar-refractivity contribution in [3.8, 4) is 0 Å². The molecule has 0 spiro atoms. The van der Waals surface area contributed by atoms with Crippen LogP contribution in [0.1, 0.15) is 32.3 Å². The first-order chi connectivity index (χ1) is 8.01. The number of carbonyl (C=O) groups is 1. The summed E-state index contributed by atoms with van der Waals surface area (Å²) in [6, 6.07) is 2.03. The van der Waals surface area contributed by atoms with Gasteiger partial charge in [-0.1, -0.05) is 6.92 Å². The molecule has 2 N–H and O–H groups in total. The molecule has 5 heteroatoms. The number of amides is 1. The number of carbonyl (C=O) groups excluding carboxylic acids is 1. The third-order valence-electron chi connectivity index (χ3n) is 2.13. The van der Waals surface area contributed by atoms with E-state index in [0.717, 1.165) is 17.9 Å². The van der Waals surface area contributed by atoms with E-state index in [1.165, 1.54) is 0 Å². The minimum Gasteiger partial charge on any atom is -0.361 e. The average molecular weight is 236 g/mol. The molecule has 0 aliphatic carbocycles. The SMILES string of the molecule is CCc1cc(NCC(=O)NC(C)C)nc(C)n1. The van der Waals surface area contributed by atoms with Crippen LogP contribution < -0.4 is 10.6 Å². The van der Waals surface area contributed by atoms with Crippen LogP contribution in [0.2, 0.25) is 0 Å². The molecule has 0 aliphatic rings. The van der Waals surface area contributed by atoms with E-state index in [9.17, 15) is 4.79 Å². The summed E-state index contributed by atoms with van der Waals surface area (Å²) in [5.74, 6) is 1.39. The minimum atomic E-state index is -0.0330. The number of nitrogens with zero attached hydrogens (tertiary/aromatic N) is 2. The first-order valence-corrected chi connectivity index (χ1v) is 5.89. The predicted molar refractivity (Wildman–Crippen MR) is 67.9 cm³/mol. The van der Waals surface area contributed by atoms with Crippen LogP contribution in [0, 0.1) is 6.92 Å². The van der Waals surface area contributed by atoms with Crippen molar-refractivity contribution in [3.05, 3.63) is 17.6 Å². The highest BCUT2D eigenvalue weighted by Crippen LogP contribution is 2.06. The second-order valence-electron chi connectivity index (χ2n) is 4.22. The van der Waals surface area contributed by atoms with Crippen molar-refractivity contribution in [1.82, 2.24) is 15.3 Å². The summed E-state index contributed by atoms with van der Waals surface area (Å²) in [6.07, 6.45) is 0.857. The van der Waals surface area contributed by atoms with Gasteiger partial charge in [0.25, 0.3) is 0 Å². The van der Waals surface area contributed by atoms with Crippen molar-refractivity contribution in [2.45, 2.75) is 40.2 Å². The van der Waals surface area contributed by atoms with Crippen molar-refractivity contribution in [2.75, 3.05) is 11.9 Å². The van der Waals surface area contributed by atoms with Crippen molar-refractivity contribution in [3.63, 3.8) is 0 Å². The molecule has 1 rings (SSSR count). The van der Waals surface area contributed by atoms with Crippen molar-refractivity contribution >= 4 is 11.7 Å². The van der Waals surface area contributed by atoms with Crippen LogP contribution in [-0.4, -0.2) is 28.5 Å². The molecule has 0 saturated heterocycles. The third kappa shape index (κ3) is 4.80. The zero-order valence-electron chi connectivity index (χ0n) is 10.9. The second kappa shape index (κ2) is 6.18. The zero-order chi connectivity index (χ0) is 12.8. The quantitative estimate of drug-likeness (QED) is 0.808. The van der Waals surface area contributed by atoms with Gasteiger partial charge in [-0.15, -0.1) is 0 Å². The summed E-state index contributed by atoms with van der Waals surface area (Å²) in [6.45, 7) is 7.98. The van der Waals surface area contributed by atoms with Crippen LogP contribution in [0.3, 0.4) is 0 Å². The van der Waals surface area contributed by atoms with E-state index in [-0.39, 0.29) is 18.5 Å². The molecule has 1 amide bonds. The smallest absolute Gasteiger partial charge is 0.239 e. The van der Waals surface area contributed by atoms with Gasteiger partial charge in [-0.25, -0.2) is 9.97 Å². The van der Waals surface area contributed by atoms with E-state index < -0.39 is 0 Å². The van der Waals surface area contributed by atoms with E-state index >= 15 is 0 Å². The van der Waals surface area contributed by atoms with Crippen LogP contribution in [0.4, 0.5) is 5.82 Å². The Morgan fingerprint density at radius 1 is 1.41 bits per heavy atom. The van der Waals surface area contributed by atoms with Gasteiger partial charge in [0.05, 0.1) is 6.54 Å². The van der Waals surface area contributed by atoms with Gasteiger partial charge in [-0.3, -0.25) is 4.79 Å². The molecule has 0 unspecified atom stereocenters. The molecular weight excluding hydrogens is 216 g/mol. The number of rotatable bonds is 5. The normalized spacial score (nSPS) is 10.4. The van der Waals surface area contributed by atoms with Crippen molar-refractivity contribution in [1.29, 1.82) is 0 Å². The standard InChI is InChI=1S/C12H20N4O/c1-5-10-6-11(16-9(4)15-10)13-7-12(17)14-8(2)3/h6,8H,5,7H2,1-4H3,(H,14,17)(H,13,15,16). The average Bonchev–Trinajstić information content (AvgIpc) is 2.24. The summed E-state index contributed by atoms with van der Waals surface area (Å²) in [5, 5.41) is 5.81. The number of aryl methyl sites for hydroxylation is 2. The lowest BCUT2D eigenvalue weighted by Crippen LogP contribution is -2.35. The molecule has 1 aromatic rings. The van der Waals surface area contributed by atoms with Gasteiger partial charge < -0.3 is 10.6 Å². The number of hydrogen-bond donors (Lipinski definition) is 2. The van der Waals surface area contributed by atoms with Crippen LogP contribution in [0.25, 0.3) is 0 Å². The highest BCUT2D eigenvalue weighted by Gasteiger charge is 2.04. The molecule has 0 atom stereocenters. The first-order valence-electron chi connectivity index (χ1n) is 5.89. The number of aromatic nitrogens is 2. The monoisotopic (exact) mass is 236 g/mol. The Labute approximate surface area is 102 Å².